The molecule has 0 aliphatic heterocycles. The molecule has 0 saturated carbocycles. The molecule has 3 N–H and O–H groups in total. The first kappa shape index (κ1) is 19.8. The van der Waals surface area contributed by atoms with Crippen LogP contribution in [0.4, 0.5) is 10.5 Å². The summed E-state index contributed by atoms with van der Waals surface area (Å²) in [4.78, 5) is 24.1. The summed E-state index contributed by atoms with van der Waals surface area (Å²) in [6, 6.07) is 11.3. The van der Waals surface area contributed by atoms with Gasteiger partial charge in [-0.3, -0.25) is 4.79 Å². The Morgan fingerprint density at radius 1 is 1.12 bits per heavy atom. The largest absolute Gasteiger partial charge is 0.366 e. The standard InChI is InChI=1S/C16H15Cl2N3O2S2/c17-13-6-5-12(9-14(13)18)25-8-7-20-16(23)21(24)11-3-1-10(2-4-11)15(19)22/h1-6,9,24H,7-8H2,(H2,19,22)(H,20,23). The van der Waals surface area contributed by atoms with Crippen molar-refractivity contribution < 1.29 is 9.59 Å². The van der Waals surface area contributed by atoms with Crippen molar-refractivity contribution in [3.63, 3.8) is 0 Å². The lowest BCUT2D eigenvalue weighted by Crippen LogP contribution is -2.35. The summed E-state index contributed by atoms with van der Waals surface area (Å²) in [6.45, 7) is 0.445. The monoisotopic (exact) mass is 415 g/mol. The number of nitrogens with one attached hydrogen (secondary N) is 1. The van der Waals surface area contributed by atoms with E-state index < -0.39 is 5.91 Å². The summed E-state index contributed by atoms with van der Waals surface area (Å²) in [5.41, 5.74) is 6.07. The summed E-state index contributed by atoms with van der Waals surface area (Å²) in [5, 5.41) is 3.76. The van der Waals surface area contributed by atoms with Crippen LogP contribution in [0, 0.1) is 0 Å². The molecule has 2 rings (SSSR count). The SMILES string of the molecule is NC(=O)c1ccc(N(S)C(=O)NCCSc2ccc(Cl)c(Cl)c2)cc1. The third kappa shape index (κ3) is 5.74. The first-order valence-corrected chi connectivity index (χ1v) is 9.27. The fourth-order valence-electron chi connectivity index (χ4n) is 1.85. The van der Waals surface area contributed by atoms with E-state index in [9.17, 15) is 9.59 Å². The molecule has 3 amide bonds. The maximum atomic E-state index is 12.1. The van der Waals surface area contributed by atoms with Crippen molar-refractivity contribution in [2.45, 2.75) is 4.90 Å². The van der Waals surface area contributed by atoms with Crippen molar-refractivity contribution >= 4 is 65.4 Å². The van der Waals surface area contributed by atoms with Gasteiger partial charge in [0.1, 0.15) is 0 Å². The van der Waals surface area contributed by atoms with Gasteiger partial charge in [-0.05, 0) is 42.5 Å². The normalized spacial score (nSPS) is 10.4. The number of amides is 3. The van der Waals surface area contributed by atoms with Crippen LogP contribution in [0.2, 0.25) is 10.0 Å². The Kier molecular flexibility index (Phi) is 7.31. The maximum Gasteiger partial charge on any atom is 0.331 e. The third-order valence-electron chi connectivity index (χ3n) is 3.13. The molecular formula is C16H15Cl2N3O2S2. The maximum absolute atomic E-state index is 12.1. The number of urea groups is 1. The minimum atomic E-state index is -0.527. The Labute approximate surface area is 165 Å². The van der Waals surface area contributed by atoms with Gasteiger partial charge >= 0.3 is 6.03 Å². The van der Waals surface area contributed by atoms with E-state index in [2.05, 4.69) is 18.1 Å². The molecule has 0 heterocycles. The predicted octanol–water partition coefficient (Wildman–Crippen LogP) is 4.25. The van der Waals surface area contributed by atoms with E-state index in [1.54, 1.807) is 36.0 Å². The Balaban J connectivity index is 1.80. The third-order valence-corrected chi connectivity index (χ3v) is 5.27. The van der Waals surface area contributed by atoms with Crippen LogP contribution in [0.1, 0.15) is 10.4 Å². The van der Waals surface area contributed by atoms with Crippen LogP contribution in [0.25, 0.3) is 0 Å². The number of thiol groups is 1. The Morgan fingerprint density at radius 2 is 1.80 bits per heavy atom. The Bertz CT molecular complexity index is 772. The highest BCUT2D eigenvalue weighted by molar-refractivity contribution is 7.99. The highest BCUT2D eigenvalue weighted by atomic mass is 35.5. The number of hydrogen-bond donors (Lipinski definition) is 3. The first-order valence-electron chi connectivity index (χ1n) is 7.13. The van der Waals surface area contributed by atoms with Gasteiger partial charge in [0.25, 0.3) is 0 Å². The minimum absolute atomic E-state index is 0.365. The number of rotatable bonds is 6. The molecule has 2 aromatic rings. The van der Waals surface area contributed by atoms with Crippen LogP contribution >= 0.6 is 47.8 Å². The van der Waals surface area contributed by atoms with Crippen LogP contribution in [0.5, 0.6) is 0 Å². The second-order valence-electron chi connectivity index (χ2n) is 4.88. The quantitative estimate of drug-likeness (QED) is 0.375. The number of benzene rings is 2. The van der Waals surface area contributed by atoms with E-state index in [1.165, 1.54) is 12.1 Å². The molecule has 0 bridgehead atoms. The number of nitrogens with two attached hydrogens (primary N) is 1. The van der Waals surface area contributed by atoms with Gasteiger partial charge in [-0.2, -0.15) is 0 Å². The van der Waals surface area contributed by atoms with Crippen LogP contribution in [0.15, 0.2) is 47.4 Å². The summed E-state index contributed by atoms with van der Waals surface area (Å²) in [6.07, 6.45) is 0. The first-order chi connectivity index (χ1) is 11.9. The van der Waals surface area contributed by atoms with E-state index >= 15 is 0 Å². The second-order valence-corrected chi connectivity index (χ2v) is 7.26. The average Bonchev–Trinajstić information content (AvgIpc) is 2.61. The van der Waals surface area contributed by atoms with E-state index in [0.717, 1.165) is 9.20 Å². The van der Waals surface area contributed by atoms with Gasteiger partial charge in [0.2, 0.25) is 5.91 Å². The van der Waals surface area contributed by atoms with Gasteiger partial charge < -0.3 is 11.1 Å². The molecule has 5 nitrogen and oxygen atoms in total. The number of carbonyl (C=O) groups excluding carboxylic acids is 2. The lowest BCUT2D eigenvalue weighted by Gasteiger charge is -2.16. The lowest BCUT2D eigenvalue weighted by molar-refractivity contribution is 0.100. The van der Waals surface area contributed by atoms with Gasteiger partial charge in [-0.1, -0.05) is 36.0 Å². The van der Waals surface area contributed by atoms with Crippen molar-refractivity contribution in [2.75, 3.05) is 16.6 Å². The molecule has 0 saturated heterocycles. The Hall–Kier alpha value is -1.54. The summed E-state index contributed by atoms with van der Waals surface area (Å²) in [5.74, 6) is 0.132. The molecule has 0 spiro atoms. The molecule has 0 atom stereocenters. The molecule has 0 aliphatic carbocycles. The van der Waals surface area contributed by atoms with Crippen LogP contribution in [-0.4, -0.2) is 24.2 Å². The molecule has 0 radical (unpaired) electrons. The van der Waals surface area contributed by atoms with Gasteiger partial charge in [-0.15, -0.1) is 11.8 Å². The van der Waals surface area contributed by atoms with E-state index in [0.29, 0.717) is 33.6 Å². The smallest absolute Gasteiger partial charge is 0.331 e. The number of primary amides is 1. The summed E-state index contributed by atoms with van der Waals surface area (Å²) in [7, 11) is 0. The second kappa shape index (κ2) is 9.24. The zero-order chi connectivity index (χ0) is 18.4. The topological polar surface area (TPSA) is 75.4 Å². The molecule has 0 aromatic heterocycles. The molecule has 132 valence electrons. The summed E-state index contributed by atoms with van der Waals surface area (Å²) < 4.78 is 1.16. The number of anilines is 1. The fraction of sp³-hybridized carbons (Fsp3) is 0.125. The average molecular weight is 416 g/mol. The molecule has 25 heavy (non-hydrogen) atoms. The predicted molar refractivity (Wildman–Crippen MR) is 107 cm³/mol. The molecule has 0 aliphatic rings. The zero-order valence-corrected chi connectivity index (χ0v) is 16.1. The molecule has 0 unspecified atom stereocenters. The number of hydrogen-bond acceptors (Lipinski definition) is 4. The fourth-order valence-corrected chi connectivity index (χ4v) is 3.22. The van der Waals surface area contributed by atoms with Crippen LogP contribution in [0.3, 0.4) is 0 Å². The van der Waals surface area contributed by atoms with E-state index in [4.69, 9.17) is 28.9 Å². The van der Waals surface area contributed by atoms with Crippen molar-refractivity contribution in [1.29, 1.82) is 0 Å². The number of halogens is 2. The number of nitrogens with zero attached hydrogens (tertiary/aromatic N) is 1. The van der Waals surface area contributed by atoms with Crippen molar-refractivity contribution in [3.8, 4) is 0 Å². The van der Waals surface area contributed by atoms with Gasteiger partial charge in [0, 0.05) is 22.8 Å². The molecule has 0 fully saturated rings. The number of thioether (sulfide) groups is 1. The molecule has 9 heteroatoms. The zero-order valence-electron chi connectivity index (χ0n) is 12.9. The van der Waals surface area contributed by atoms with E-state index in [-0.39, 0.29) is 6.03 Å². The highest BCUT2D eigenvalue weighted by Crippen LogP contribution is 2.27. The molecular weight excluding hydrogens is 401 g/mol. The van der Waals surface area contributed by atoms with E-state index in [1.807, 2.05) is 6.07 Å². The minimum Gasteiger partial charge on any atom is -0.366 e. The van der Waals surface area contributed by atoms with Gasteiger partial charge in [0.05, 0.1) is 15.7 Å². The van der Waals surface area contributed by atoms with Crippen LogP contribution in [-0.2, 0) is 0 Å². The van der Waals surface area contributed by atoms with Gasteiger partial charge in [-0.25, -0.2) is 9.10 Å². The molecule has 2 aromatic carbocycles. The Morgan fingerprint density at radius 3 is 2.40 bits per heavy atom. The summed E-state index contributed by atoms with van der Waals surface area (Å²) >= 11 is 17.5. The number of carbonyl (C=O) groups is 2. The van der Waals surface area contributed by atoms with Crippen molar-refractivity contribution in [2.24, 2.45) is 5.73 Å². The van der Waals surface area contributed by atoms with Crippen molar-refractivity contribution in [3.05, 3.63) is 58.1 Å². The lowest BCUT2D eigenvalue weighted by atomic mass is 10.2. The highest BCUT2D eigenvalue weighted by Gasteiger charge is 2.12. The van der Waals surface area contributed by atoms with Gasteiger partial charge in [0.15, 0.2) is 0 Å². The van der Waals surface area contributed by atoms with Crippen molar-refractivity contribution in [1.82, 2.24) is 5.32 Å². The van der Waals surface area contributed by atoms with Crippen LogP contribution < -0.4 is 15.4 Å².